The van der Waals surface area contributed by atoms with E-state index in [0.717, 1.165) is 28.0 Å². The number of pyridine rings is 1. The molecule has 1 unspecified atom stereocenters. The molecule has 0 aliphatic heterocycles. The standard InChI is InChI=1S/C21H23N5OS/c1-22-21(23-10-9-16-14-26-11-5-4-8-20(26)25-16)24-13-17(27)19-12-15-6-2-3-7-18(15)28-19/h2-8,11-12,14,17,27H,9-10,13H2,1H3,(H2,22,23,24). The van der Waals surface area contributed by atoms with Crippen LogP contribution in [0, 0.1) is 0 Å². The zero-order valence-electron chi connectivity index (χ0n) is 15.7. The average molecular weight is 394 g/mol. The first-order chi connectivity index (χ1) is 13.7. The number of nitrogens with one attached hydrogen (secondary N) is 2. The Morgan fingerprint density at radius 3 is 2.89 bits per heavy atom. The minimum absolute atomic E-state index is 0.404. The third-order valence-corrected chi connectivity index (χ3v) is 5.76. The molecule has 7 heteroatoms. The highest BCUT2D eigenvalue weighted by molar-refractivity contribution is 7.19. The third kappa shape index (κ3) is 4.16. The minimum Gasteiger partial charge on any atom is -0.386 e. The lowest BCUT2D eigenvalue weighted by Crippen LogP contribution is -2.40. The number of nitrogens with zero attached hydrogens (tertiary/aromatic N) is 3. The monoisotopic (exact) mass is 393 g/mol. The summed E-state index contributed by atoms with van der Waals surface area (Å²) in [5, 5.41) is 18.1. The largest absolute Gasteiger partial charge is 0.386 e. The average Bonchev–Trinajstić information content (AvgIpc) is 3.33. The quantitative estimate of drug-likeness (QED) is 0.348. The summed E-state index contributed by atoms with van der Waals surface area (Å²) in [5.41, 5.74) is 1.98. The van der Waals surface area contributed by atoms with Crippen molar-refractivity contribution in [2.24, 2.45) is 4.99 Å². The van der Waals surface area contributed by atoms with Crippen LogP contribution in [0.4, 0.5) is 0 Å². The molecule has 6 nitrogen and oxygen atoms in total. The Kier molecular flexibility index (Phi) is 5.55. The minimum atomic E-state index is -0.575. The van der Waals surface area contributed by atoms with Crippen LogP contribution in [-0.2, 0) is 6.42 Å². The Balaban J connectivity index is 1.28. The van der Waals surface area contributed by atoms with E-state index in [1.54, 1.807) is 18.4 Å². The fraction of sp³-hybridized carbons (Fsp3) is 0.238. The maximum atomic E-state index is 10.5. The summed E-state index contributed by atoms with van der Waals surface area (Å²) in [4.78, 5) is 9.78. The number of rotatable bonds is 6. The van der Waals surface area contributed by atoms with Gasteiger partial charge in [-0.1, -0.05) is 24.3 Å². The first-order valence-corrected chi connectivity index (χ1v) is 10.1. The number of aliphatic hydroxyl groups excluding tert-OH is 1. The summed E-state index contributed by atoms with van der Waals surface area (Å²) in [5.74, 6) is 0.670. The van der Waals surface area contributed by atoms with E-state index in [4.69, 9.17) is 0 Å². The zero-order chi connectivity index (χ0) is 19.3. The summed E-state index contributed by atoms with van der Waals surface area (Å²) in [6.07, 6.45) is 4.25. The molecule has 3 heterocycles. The second-order valence-electron chi connectivity index (χ2n) is 6.53. The van der Waals surface area contributed by atoms with Crippen molar-refractivity contribution in [2.45, 2.75) is 12.5 Å². The van der Waals surface area contributed by atoms with E-state index in [-0.39, 0.29) is 0 Å². The molecule has 0 fully saturated rings. The fourth-order valence-corrected chi connectivity index (χ4v) is 4.15. The molecular weight excluding hydrogens is 370 g/mol. The zero-order valence-corrected chi connectivity index (χ0v) is 16.5. The van der Waals surface area contributed by atoms with Gasteiger partial charge in [0.2, 0.25) is 0 Å². The van der Waals surface area contributed by atoms with Crippen molar-refractivity contribution in [1.29, 1.82) is 0 Å². The van der Waals surface area contributed by atoms with Crippen LogP contribution in [0.3, 0.4) is 0 Å². The lowest BCUT2D eigenvalue weighted by atomic mass is 10.2. The van der Waals surface area contributed by atoms with Crippen LogP contribution in [0.15, 0.2) is 65.9 Å². The van der Waals surface area contributed by atoms with Crippen LogP contribution in [0.2, 0.25) is 0 Å². The Morgan fingerprint density at radius 2 is 2.07 bits per heavy atom. The van der Waals surface area contributed by atoms with Crippen LogP contribution in [0.25, 0.3) is 15.7 Å². The maximum absolute atomic E-state index is 10.5. The molecule has 0 radical (unpaired) electrons. The number of hydrogen-bond donors (Lipinski definition) is 3. The predicted octanol–water partition coefficient (Wildman–Crippen LogP) is 2.99. The molecular formula is C21H23N5OS. The van der Waals surface area contributed by atoms with Gasteiger partial charge in [-0.3, -0.25) is 4.99 Å². The highest BCUT2D eigenvalue weighted by Gasteiger charge is 2.12. The number of fused-ring (bicyclic) bond motifs is 2. The molecule has 0 saturated carbocycles. The molecule has 0 saturated heterocycles. The smallest absolute Gasteiger partial charge is 0.191 e. The van der Waals surface area contributed by atoms with E-state index < -0.39 is 6.10 Å². The summed E-state index contributed by atoms with van der Waals surface area (Å²) < 4.78 is 3.20. The van der Waals surface area contributed by atoms with Gasteiger partial charge in [0.1, 0.15) is 11.8 Å². The third-order valence-electron chi connectivity index (χ3n) is 4.55. The molecule has 3 N–H and O–H groups in total. The van der Waals surface area contributed by atoms with E-state index in [9.17, 15) is 5.11 Å². The van der Waals surface area contributed by atoms with Crippen LogP contribution < -0.4 is 10.6 Å². The number of imidazole rings is 1. The SMILES string of the molecule is CN=C(NCCc1cn2ccccc2n1)NCC(O)c1cc2ccccc2s1. The number of aliphatic hydroxyl groups is 1. The first-order valence-electron chi connectivity index (χ1n) is 9.26. The fourth-order valence-electron chi connectivity index (χ4n) is 3.10. The molecule has 1 aromatic carbocycles. The van der Waals surface area contributed by atoms with Gasteiger partial charge in [-0.2, -0.15) is 0 Å². The highest BCUT2D eigenvalue weighted by atomic mass is 32.1. The van der Waals surface area contributed by atoms with Gasteiger partial charge < -0.3 is 20.1 Å². The van der Waals surface area contributed by atoms with Crippen LogP contribution in [0.5, 0.6) is 0 Å². The summed E-state index contributed by atoms with van der Waals surface area (Å²) >= 11 is 1.62. The van der Waals surface area contributed by atoms with Crippen molar-refractivity contribution >= 4 is 33.0 Å². The number of thiophene rings is 1. The molecule has 0 amide bonds. The molecule has 0 spiro atoms. The van der Waals surface area contributed by atoms with Gasteiger partial charge in [-0.05, 0) is 29.7 Å². The molecule has 4 aromatic rings. The second-order valence-corrected chi connectivity index (χ2v) is 7.65. The van der Waals surface area contributed by atoms with E-state index in [0.29, 0.717) is 19.0 Å². The molecule has 0 bridgehead atoms. The van der Waals surface area contributed by atoms with Gasteiger partial charge in [0.15, 0.2) is 5.96 Å². The number of guanidine groups is 1. The molecule has 144 valence electrons. The van der Waals surface area contributed by atoms with Gasteiger partial charge in [-0.25, -0.2) is 4.98 Å². The van der Waals surface area contributed by atoms with Crippen molar-refractivity contribution < 1.29 is 5.11 Å². The molecule has 1 atom stereocenters. The number of aliphatic imine (C=N–C) groups is 1. The first kappa shape index (κ1) is 18.5. The molecule has 0 aliphatic carbocycles. The van der Waals surface area contributed by atoms with E-state index in [1.807, 2.05) is 53.2 Å². The van der Waals surface area contributed by atoms with E-state index >= 15 is 0 Å². The Morgan fingerprint density at radius 1 is 1.21 bits per heavy atom. The predicted molar refractivity (Wildman–Crippen MR) is 115 cm³/mol. The second kappa shape index (κ2) is 8.41. The summed E-state index contributed by atoms with van der Waals surface area (Å²) in [6.45, 7) is 1.11. The Bertz CT molecular complexity index is 1030. The van der Waals surface area contributed by atoms with E-state index in [2.05, 4.69) is 32.7 Å². The van der Waals surface area contributed by atoms with Crippen molar-refractivity contribution in [3.63, 3.8) is 0 Å². The van der Waals surface area contributed by atoms with Crippen molar-refractivity contribution in [1.82, 2.24) is 20.0 Å². The molecule has 0 aliphatic rings. The van der Waals surface area contributed by atoms with E-state index in [1.165, 1.54) is 4.70 Å². The lowest BCUT2D eigenvalue weighted by Gasteiger charge is -2.14. The maximum Gasteiger partial charge on any atom is 0.191 e. The van der Waals surface area contributed by atoms with Crippen LogP contribution in [0.1, 0.15) is 16.7 Å². The highest BCUT2D eigenvalue weighted by Crippen LogP contribution is 2.29. The van der Waals surface area contributed by atoms with Gasteiger partial charge in [-0.15, -0.1) is 11.3 Å². The van der Waals surface area contributed by atoms with Gasteiger partial charge in [0, 0.05) is 48.5 Å². The molecule has 4 rings (SSSR count). The molecule has 3 aromatic heterocycles. The Hall–Kier alpha value is -2.90. The number of benzene rings is 1. The Labute approximate surface area is 167 Å². The summed E-state index contributed by atoms with van der Waals surface area (Å²) in [7, 11) is 1.73. The molecule has 28 heavy (non-hydrogen) atoms. The lowest BCUT2D eigenvalue weighted by molar-refractivity contribution is 0.184. The van der Waals surface area contributed by atoms with Gasteiger partial charge in [0.05, 0.1) is 5.69 Å². The van der Waals surface area contributed by atoms with Gasteiger partial charge in [0.25, 0.3) is 0 Å². The van der Waals surface area contributed by atoms with Crippen molar-refractivity contribution in [3.8, 4) is 0 Å². The number of aromatic nitrogens is 2. The van der Waals surface area contributed by atoms with Gasteiger partial charge >= 0.3 is 0 Å². The normalized spacial score (nSPS) is 13.1. The van der Waals surface area contributed by atoms with Crippen LogP contribution >= 0.6 is 11.3 Å². The number of hydrogen-bond acceptors (Lipinski definition) is 4. The van der Waals surface area contributed by atoms with Crippen LogP contribution in [-0.4, -0.2) is 40.6 Å². The topological polar surface area (TPSA) is 74.0 Å². The van der Waals surface area contributed by atoms with Crippen molar-refractivity contribution in [2.75, 3.05) is 20.1 Å². The summed E-state index contributed by atoms with van der Waals surface area (Å²) in [6, 6.07) is 16.2. The van der Waals surface area contributed by atoms with Crippen molar-refractivity contribution in [3.05, 3.63) is 71.5 Å².